The van der Waals surface area contributed by atoms with Gasteiger partial charge in [-0.2, -0.15) is 5.10 Å². The highest BCUT2D eigenvalue weighted by Crippen LogP contribution is 2.15. The summed E-state index contributed by atoms with van der Waals surface area (Å²) in [5, 5.41) is 12.9. The van der Waals surface area contributed by atoms with Gasteiger partial charge in [0.1, 0.15) is 0 Å². The van der Waals surface area contributed by atoms with Crippen molar-refractivity contribution in [2.75, 3.05) is 11.9 Å². The molecule has 82 valence electrons. The van der Waals surface area contributed by atoms with Crippen LogP contribution in [0.1, 0.15) is 24.1 Å². The maximum absolute atomic E-state index is 11.7. The standard InChI is InChI=1S/C10H16N4O/c1-6-7(2)13-14-9(6)12-10(15)8-4-3-5-11-8/h8,11H,3-5H2,1-2H3,(H2,12,13,14,15)/t8-/m1/s1. The number of carbonyl (C=O) groups excluding carboxylic acids is 1. The SMILES string of the molecule is Cc1[nH]nc(NC(=O)[C@H]2CCCN2)c1C. The van der Waals surface area contributed by atoms with Crippen LogP contribution in [0.25, 0.3) is 0 Å². The first-order chi connectivity index (χ1) is 7.18. The van der Waals surface area contributed by atoms with E-state index in [9.17, 15) is 4.79 Å². The van der Waals surface area contributed by atoms with Crippen molar-refractivity contribution in [3.8, 4) is 0 Å². The van der Waals surface area contributed by atoms with Crippen molar-refractivity contribution in [1.29, 1.82) is 0 Å². The average molecular weight is 208 g/mol. The van der Waals surface area contributed by atoms with Gasteiger partial charge in [0.25, 0.3) is 0 Å². The number of aromatic amines is 1. The summed E-state index contributed by atoms with van der Waals surface area (Å²) in [4.78, 5) is 11.7. The van der Waals surface area contributed by atoms with Crippen LogP contribution < -0.4 is 10.6 Å². The van der Waals surface area contributed by atoms with Crippen molar-refractivity contribution in [3.63, 3.8) is 0 Å². The van der Waals surface area contributed by atoms with Gasteiger partial charge in [0.05, 0.1) is 6.04 Å². The van der Waals surface area contributed by atoms with Gasteiger partial charge >= 0.3 is 0 Å². The Morgan fingerprint density at radius 3 is 2.87 bits per heavy atom. The minimum Gasteiger partial charge on any atom is -0.308 e. The summed E-state index contributed by atoms with van der Waals surface area (Å²) < 4.78 is 0. The Kier molecular flexibility index (Phi) is 2.73. The topological polar surface area (TPSA) is 69.8 Å². The molecule has 2 heterocycles. The van der Waals surface area contributed by atoms with Gasteiger partial charge in [0.15, 0.2) is 5.82 Å². The molecule has 2 rings (SSSR count). The number of H-pyrrole nitrogens is 1. The molecule has 1 saturated heterocycles. The van der Waals surface area contributed by atoms with Crippen molar-refractivity contribution in [1.82, 2.24) is 15.5 Å². The summed E-state index contributed by atoms with van der Waals surface area (Å²) in [7, 11) is 0. The maximum Gasteiger partial charge on any atom is 0.242 e. The van der Waals surface area contributed by atoms with Crippen LogP contribution in [-0.2, 0) is 4.79 Å². The fourth-order valence-electron chi connectivity index (χ4n) is 1.72. The van der Waals surface area contributed by atoms with Crippen LogP contribution in [0.5, 0.6) is 0 Å². The van der Waals surface area contributed by atoms with Gasteiger partial charge in [-0.15, -0.1) is 0 Å². The lowest BCUT2D eigenvalue weighted by Crippen LogP contribution is -2.35. The van der Waals surface area contributed by atoms with Crippen LogP contribution >= 0.6 is 0 Å². The molecule has 1 fully saturated rings. The van der Waals surface area contributed by atoms with Crippen molar-refractivity contribution in [2.45, 2.75) is 32.7 Å². The molecule has 1 aromatic rings. The summed E-state index contributed by atoms with van der Waals surface area (Å²) in [6.07, 6.45) is 1.98. The van der Waals surface area contributed by atoms with E-state index in [4.69, 9.17) is 0 Å². The number of amides is 1. The van der Waals surface area contributed by atoms with E-state index in [1.165, 1.54) is 0 Å². The van der Waals surface area contributed by atoms with E-state index in [2.05, 4.69) is 20.8 Å². The number of aromatic nitrogens is 2. The molecule has 1 aromatic heterocycles. The lowest BCUT2D eigenvalue weighted by molar-refractivity contribution is -0.117. The van der Waals surface area contributed by atoms with E-state index in [1.807, 2.05) is 13.8 Å². The van der Waals surface area contributed by atoms with E-state index in [0.29, 0.717) is 5.82 Å². The van der Waals surface area contributed by atoms with Crippen molar-refractivity contribution < 1.29 is 4.79 Å². The molecule has 3 N–H and O–H groups in total. The summed E-state index contributed by atoms with van der Waals surface area (Å²) in [5.41, 5.74) is 1.99. The number of nitrogens with one attached hydrogen (secondary N) is 3. The molecule has 0 spiro atoms. The summed E-state index contributed by atoms with van der Waals surface area (Å²) in [6, 6.07) is -0.0543. The predicted molar refractivity (Wildman–Crippen MR) is 57.7 cm³/mol. The van der Waals surface area contributed by atoms with Crippen LogP contribution in [0, 0.1) is 13.8 Å². The Hall–Kier alpha value is -1.36. The zero-order valence-corrected chi connectivity index (χ0v) is 9.05. The number of hydrogen-bond acceptors (Lipinski definition) is 3. The monoisotopic (exact) mass is 208 g/mol. The van der Waals surface area contributed by atoms with E-state index < -0.39 is 0 Å². The first-order valence-electron chi connectivity index (χ1n) is 5.24. The third-order valence-corrected chi connectivity index (χ3v) is 2.87. The Bertz CT molecular complexity index is 365. The third kappa shape index (κ3) is 2.02. The minimum absolute atomic E-state index is 0.0158. The van der Waals surface area contributed by atoms with Gasteiger partial charge in [-0.1, -0.05) is 0 Å². The smallest absolute Gasteiger partial charge is 0.242 e. The second kappa shape index (κ2) is 4.02. The van der Waals surface area contributed by atoms with Gasteiger partial charge in [-0.3, -0.25) is 9.89 Å². The second-order valence-corrected chi connectivity index (χ2v) is 3.96. The number of nitrogens with zero attached hydrogens (tertiary/aromatic N) is 1. The maximum atomic E-state index is 11.7. The van der Waals surface area contributed by atoms with E-state index in [0.717, 1.165) is 30.6 Å². The molecule has 0 bridgehead atoms. The highest BCUT2D eigenvalue weighted by molar-refractivity contribution is 5.94. The molecule has 1 aliphatic heterocycles. The molecule has 1 atom stereocenters. The zero-order chi connectivity index (χ0) is 10.8. The van der Waals surface area contributed by atoms with Crippen molar-refractivity contribution in [2.24, 2.45) is 0 Å². The number of carbonyl (C=O) groups is 1. The summed E-state index contributed by atoms with van der Waals surface area (Å²) in [6.45, 7) is 4.80. The van der Waals surface area contributed by atoms with Crippen LogP contribution in [-0.4, -0.2) is 28.7 Å². The first kappa shape index (κ1) is 10.2. The molecule has 1 amide bonds. The highest BCUT2D eigenvalue weighted by Gasteiger charge is 2.23. The second-order valence-electron chi connectivity index (χ2n) is 3.96. The Balaban J connectivity index is 2.02. The summed E-state index contributed by atoms with van der Waals surface area (Å²) in [5.74, 6) is 0.660. The molecule has 0 aromatic carbocycles. The molecular formula is C10H16N4O. The zero-order valence-electron chi connectivity index (χ0n) is 9.05. The van der Waals surface area contributed by atoms with Gasteiger partial charge in [0.2, 0.25) is 5.91 Å². The van der Waals surface area contributed by atoms with Gasteiger partial charge < -0.3 is 10.6 Å². The van der Waals surface area contributed by atoms with Gasteiger partial charge in [0, 0.05) is 11.3 Å². The minimum atomic E-state index is -0.0543. The molecule has 0 aliphatic carbocycles. The molecule has 15 heavy (non-hydrogen) atoms. The van der Waals surface area contributed by atoms with Crippen molar-refractivity contribution in [3.05, 3.63) is 11.3 Å². The number of rotatable bonds is 2. The Morgan fingerprint density at radius 2 is 2.33 bits per heavy atom. The van der Waals surface area contributed by atoms with Crippen LogP contribution in [0.2, 0.25) is 0 Å². The third-order valence-electron chi connectivity index (χ3n) is 2.87. The highest BCUT2D eigenvalue weighted by atomic mass is 16.2. The fraction of sp³-hybridized carbons (Fsp3) is 0.600. The quantitative estimate of drug-likeness (QED) is 0.670. The molecule has 5 nitrogen and oxygen atoms in total. The molecular weight excluding hydrogens is 192 g/mol. The van der Waals surface area contributed by atoms with Crippen molar-refractivity contribution >= 4 is 11.7 Å². The van der Waals surface area contributed by atoms with Crippen LogP contribution in [0.3, 0.4) is 0 Å². The predicted octanol–water partition coefficient (Wildman–Crippen LogP) is 0.717. The number of anilines is 1. The Morgan fingerprint density at radius 1 is 1.53 bits per heavy atom. The lowest BCUT2D eigenvalue weighted by atomic mass is 10.2. The lowest BCUT2D eigenvalue weighted by Gasteiger charge is -2.09. The molecule has 0 radical (unpaired) electrons. The summed E-state index contributed by atoms with van der Waals surface area (Å²) >= 11 is 0. The van der Waals surface area contributed by atoms with E-state index in [1.54, 1.807) is 0 Å². The van der Waals surface area contributed by atoms with Gasteiger partial charge in [-0.05, 0) is 33.2 Å². The van der Waals surface area contributed by atoms with Crippen LogP contribution in [0.4, 0.5) is 5.82 Å². The van der Waals surface area contributed by atoms with Gasteiger partial charge in [-0.25, -0.2) is 0 Å². The molecule has 5 heteroatoms. The molecule has 1 aliphatic rings. The Labute approximate surface area is 88.6 Å². The normalized spacial score (nSPS) is 20.5. The fourth-order valence-corrected chi connectivity index (χ4v) is 1.72. The molecule has 0 saturated carbocycles. The van der Waals surface area contributed by atoms with E-state index in [-0.39, 0.29) is 11.9 Å². The average Bonchev–Trinajstić information content (AvgIpc) is 2.83. The first-order valence-corrected chi connectivity index (χ1v) is 5.24. The number of aryl methyl sites for hydroxylation is 1. The van der Waals surface area contributed by atoms with E-state index >= 15 is 0 Å². The number of hydrogen-bond donors (Lipinski definition) is 3. The molecule has 0 unspecified atom stereocenters. The largest absolute Gasteiger partial charge is 0.308 e. The van der Waals surface area contributed by atoms with Crippen LogP contribution in [0.15, 0.2) is 0 Å².